The van der Waals surface area contributed by atoms with Gasteiger partial charge in [-0.1, -0.05) is 6.92 Å². The average molecular weight is 292 g/mol. The molecule has 0 aromatic rings. The van der Waals surface area contributed by atoms with E-state index in [4.69, 9.17) is 0 Å². The zero-order valence-corrected chi connectivity index (χ0v) is 12.9. The molecule has 2 fully saturated rings. The highest BCUT2D eigenvalue weighted by Gasteiger charge is 2.33. The Morgan fingerprint density at radius 2 is 2.22 bits per heavy atom. The van der Waals surface area contributed by atoms with E-state index in [-0.39, 0.29) is 5.37 Å². The Hall–Kier alpha value is 0.220. The molecule has 2 aliphatic heterocycles. The van der Waals surface area contributed by atoms with Crippen molar-refractivity contribution in [1.82, 2.24) is 10.2 Å². The van der Waals surface area contributed by atoms with Gasteiger partial charge in [0.25, 0.3) is 0 Å². The van der Waals surface area contributed by atoms with Crippen molar-refractivity contribution in [2.24, 2.45) is 5.92 Å². The fourth-order valence-corrected chi connectivity index (χ4v) is 5.81. The molecule has 0 aromatic heterocycles. The molecular formula is C12H24N2O2S2. The third kappa shape index (κ3) is 3.85. The minimum atomic E-state index is -2.96. The number of hydrogen-bond donors (Lipinski definition) is 1. The maximum absolute atomic E-state index is 11.8. The molecule has 0 aliphatic carbocycles. The quantitative estimate of drug-likeness (QED) is 0.833. The fourth-order valence-electron chi connectivity index (χ4n) is 2.86. The summed E-state index contributed by atoms with van der Waals surface area (Å²) in [5.41, 5.74) is 0. The van der Waals surface area contributed by atoms with Crippen LogP contribution in [0, 0.1) is 5.92 Å². The van der Waals surface area contributed by atoms with Crippen LogP contribution in [0.4, 0.5) is 0 Å². The van der Waals surface area contributed by atoms with Gasteiger partial charge >= 0.3 is 0 Å². The Labute approximate surface area is 115 Å². The van der Waals surface area contributed by atoms with Crippen LogP contribution in [0.5, 0.6) is 0 Å². The smallest absolute Gasteiger partial charge is 0.164 e. The predicted molar refractivity (Wildman–Crippen MR) is 77.7 cm³/mol. The van der Waals surface area contributed by atoms with Crippen molar-refractivity contribution in [3.05, 3.63) is 0 Å². The van der Waals surface area contributed by atoms with Crippen molar-refractivity contribution < 1.29 is 8.42 Å². The maximum Gasteiger partial charge on any atom is 0.164 e. The summed E-state index contributed by atoms with van der Waals surface area (Å²) in [4.78, 5) is 2.17. The molecule has 0 radical (unpaired) electrons. The third-order valence-corrected chi connectivity index (χ3v) is 6.58. The molecule has 3 atom stereocenters. The molecule has 106 valence electrons. The van der Waals surface area contributed by atoms with Gasteiger partial charge in [-0.3, -0.25) is 4.90 Å². The van der Waals surface area contributed by atoms with Gasteiger partial charge in [-0.15, -0.1) is 0 Å². The molecule has 2 rings (SSSR count). The van der Waals surface area contributed by atoms with Gasteiger partial charge < -0.3 is 5.32 Å². The highest BCUT2D eigenvalue weighted by Crippen LogP contribution is 2.23. The van der Waals surface area contributed by atoms with Gasteiger partial charge in [0.1, 0.15) is 5.37 Å². The zero-order valence-electron chi connectivity index (χ0n) is 11.3. The van der Waals surface area contributed by atoms with Crippen LogP contribution in [0.3, 0.4) is 0 Å². The van der Waals surface area contributed by atoms with Crippen molar-refractivity contribution in [2.45, 2.75) is 31.2 Å². The highest BCUT2D eigenvalue weighted by atomic mass is 32.2. The molecule has 18 heavy (non-hydrogen) atoms. The van der Waals surface area contributed by atoms with Crippen LogP contribution in [0.25, 0.3) is 0 Å². The Bertz CT molecular complexity index is 372. The van der Waals surface area contributed by atoms with Gasteiger partial charge in [-0.2, -0.15) is 11.8 Å². The van der Waals surface area contributed by atoms with Gasteiger partial charge in [-0.25, -0.2) is 8.42 Å². The predicted octanol–water partition coefficient (Wildman–Crippen LogP) is 0.794. The largest absolute Gasteiger partial charge is 0.313 e. The van der Waals surface area contributed by atoms with Crippen LogP contribution in [-0.4, -0.2) is 62.1 Å². The van der Waals surface area contributed by atoms with Gasteiger partial charge in [0.2, 0.25) is 0 Å². The highest BCUT2D eigenvalue weighted by molar-refractivity contribution is 8.00. The fraction of sp³-hybridized carbons (Fsp3) is 1.00. The molecule has 0 aromatic carbocycles. The summed E-state index contributed by atoms with van der Waals surface area (Å²) in [7, 11) is -2.96. The van der Waals surface area contributed by atoms with E-state index < -0.39 is 9.84 Å². The van der Waals surface area contributed by atoms with E-state index >= 15 is 0 Å². The zero-order chi connectivity index (χ0) is 13.2. The first-order chi connectivity index (χ1) is 8.47. The second kappa shape index (κ2) is 6.11. The Morgan fingerprint density at radius 1 is 1.44 bits per heavy atom. The Balaban J connectivity index is 1.97. The van der Waals surface area contributed by atoms with Crippen LogP contribution in [0.1, 0.15) is 19.8 Å². The molecular weight excluding hydrogens is 268 g/mol. The van der Waals surface area contributed by atoms with E-state index in [2.05, 4.69) is 17.1 Å². The second-order valence-corrected chi connectivity index (χ2v) is 8.99. The van der Waals surface area contributed by atoms with Crippen molar-refractivity contribution in [2.75, 3.05) is 37.4 Å². The van der Waals surface area contributed by atoms with Crippen LogP contribution in [-0.2, 0) is 9.84 Å². The van der Waals surface area contributed by atoms with E-state index in [1.165, 1.54) is 19.1 Å². The normalized spacial score (nSPS) is 35.6. The van der Waals surface area contributed by atoms with Crippen LogP contribution < -0.4 is 5.32 Å². The number of rotatable bonds is 3. The van der Waals surface area contributed by atoms with Crippen molar-refractivity contribution >= 4 is 21.6 Å². The molecule has 1 N–H and O–H groups in total. The third-order valence-electron chi connectivity index (χ3n) is 3.90. The van der Waals surface area contributed by atoms with Crippen molar-refractivity contribution in [3.8, 4) is 0 Å². The van der Waals surface area contributed by atoms with Gasteiger partial charge in [0.05, 0.1) is 0 Å². The number of piperidine rings is 1. The summed E-state index contributed by atoms with van der Waals surface area (Å²) >= 11 is 1.75. The summed E-state index contributed by atoms with van der Waals surface area (Å²) in [6, 6.07) is 0.459. The molecule has 0 bridgehead atoms. The number of nitrogens with one attached hydrogen (secondary N) is 1. The Kier molecular flexibility index (Phi) is 4.97. The average Bonchev–Trinajstić information content (AvgIpc) is 2.28. The Morgan fingerprint density at radius 3 is 2.89 bits per heavy atom. The molecule has 2 saturated heterocycles. The minimum Gasteiger partial charge on any atom is -0.313 e. The minimum absolute atomic E-state index is 0.282. The van der Waals surface area contributed by atoms with Gasteiger partial charge in [-0.05, 0) is 25.3 Å². The summed E-state index contributed by atoms with van der Waals surface area (Å²) in [6.45, 7) is 5.13. The van der Waals surface area contributed by atoms with Crippen LogP contribution >= 0.6 is 11.8 Å². The van der Waals surface area contributed by atoms with E-state index in [1.54, 1.807) is 11.8 Å². The summed E-state index contributed by atoms with van der Waals surface area (Å²) in [5, 5.41) is 3.24. The molecule has 4 nitrogen and oxygen atoms in total. The van der Waals surface area contributed by atoms with Gasteiger partial charge in [0, 0.05) is 36.9 Å². The SMILES string of the molecule is CC1CCNC(CN2CCSCC2S(C)(=O)=O)C1. The van der Waals surface area contributed by atoms with E-state index in [0.29, 0.717) is 6.04 Å². The lowest BCUT2D eigenvalue weighted by molar-refractivity contribution is 0.203. The van der Waals surface area contributed by atoms with Crippen molar-refractivity contribution in [1.29, 1.82) is 0 Å². The molecule has 0 spiro atoms. The van der Waals surface area contributed by atoms with Crippen LogP contribution in [0.15, 0.2) is 0 Å². The van der Waals surface area contributed by atoms with Crippen molar-refractivity contribution in [3.63, 3.8) is 0 Å². The lowest BCUT2D eigenvalue weighted by atomic mass is 9.94. The monoisotopic (exact) mass is 292 g/mol. The number of hydrogen-bond acceptors (Lipinski definition) is 5. The number of thioether (sulfide) groups is 1. The van der Waals surface area contributed by atoms with E-state index in [9.17, 15) is 8.42 Å². The second-order valence-electron chi connectivity index (χ2n) is 5.63. The van der Waals surface area contributed by atoms with E-state index in [1.807, 2.05) is 0 Å². The lowest BCUT2D eigenvalue weighted by Crippen LogP contribution is -2.53. The lowest BCUT2D eigenvalue weighted by Gasteiger charge is -2.38. The molecule has 3 unspecified atom stereocenters. The number of nitrogens with zero attached hydrogens (tertiary/aromatic N) is 1. The maximum atomic E-state index is 11.8. The summed E-state index contributed by atoms with van der Waals surface area (Å²) in [5.74, 6) is 2.53. The molecule has 0 amide bonds. The summed E-state index contributed by atoms with van der Waals surface area (Å²) in [6.07, 6.45) is 3.77. The first-order valence-electron chi connectivity index (χ1n) is 6.71. The summed E-state index contributed by atoms with van der Waals surface area (Å²) < 4.78 is 23.7. The molecule has 6 heteroatoms. The first kappa shape index (κ1) is 14.6. The van der Waals surface area contributed by atoms with E-state index in [0.717, 1.165) is 37.1 Å². The molecule has 2 heterocycles. The van der Waals surface area contributed by atoms with Gasteiger partial charge in [0.15, 0.2) is 9.84 Å². The molecule has 0 saturated carbocycles. The molecule has 2 aliphatic rings. The first-order valence-corrected chi connectivity index (χ1v) is 9.82. The standard InChI is InChI=1S/C12H24N2O2S2/c1-10-3-4-13-11(7-10)8-14-5-6-17-9-12(14)18(2,15)16/h10-13H,3-9H2,1-2H3. The topological polar surface area (TPSA) is 49.4 Å². The number of sulfone groups is 1. The van der Waals surface area contributed by atoms with Crippen LogP contribution in [0.2, 0.25) is 0 Å².